The Hall–Kier alpha value is 0.0969. The van der Waals surface area contributed by atoms with Crippen LogP contribution >= 0.6 is 0 Å². The predicted octanol–water partition coefficient (Wildman–Crippen LogP) is 3.09. The van der Waals surface area contributed by atoms with Gasteiger partial charge in [0.2, 0.25) is 0 Å². The van der Waals surface area contributed by atoms with Gasteiger partial charge in [-0.1, -0.05) is 19.8 Å². The second-order valence-electron chi connectivity index (χ2n) is 4.33. The quantitative estimate of drug-likeness (QED) is 0.337. The standard InChI is InChI=1S/C12H26O3Si/c1-4-14-16(6-3,15-5-2)10-8-7-9-12-11-13-12/h12H,4-11H2,1-3H3. The van der Waals surface area contributed by atoms with E-state index in [-0.39, 0.29) is 0 Å². The van der Waals surface area contributed by atoms with Crippen LogP contribution < -0.4 is 0 Å². The van der Waals surface area contributed by atoms with E-state index < -0.39 is 8.56 Å². The first-order chi connectivity index (χ1) is 7.76. The van der Waals surface area contributed by atoms with E-state index in [1.165, 1.54) is 19.3 Å². The summed E-state index contributed by atoms with van der Waals surface area (Å²) < 4.78 is 17.1. The maximum Gasteiger partial charge on any atom is 0.337 e. The van der Waals surface area contributed by atoms with E-state index in [9.17, 15) is 0 Å². The van der Waals surface area contributed by atoms with Crippen molar-refractivity contribution >= 4 is 8.56 Å². The first-order valence-corrected chi connectivity index (χ1v) is 8.89. The van der Waals surface area contributed by atoms with Crippen molar-refractivity contribution in [1.29, 1.82) is 0 Å². The third-order valence-corrected chi connectivity index (χ3v) is 6.91. The van der Waals surface area contributed by atoms with Gasteiger partial charge in [0.05, 0.1) is 12.7 Å². The summed E-state index contributed by atoms with van der Waals surface area (Å²) in [5, 5.41) is 0. The summed E-state index contributed by atoms with van der Waals surface area (Å²) in [6.07, 6.45) is 4.25. The minimum absolute atomic E-state index is 0.567. The Morgan fingerprint density at radius 1 is 1.12 bits per heavy atom. The van der Waals surface area contributed by atoms with Crippen molar-refractivity contribution in [3.05, 3.63) is 0 Å². The molecule has 0 aromatic heterocycles. The van der Waals surface area contributed by atoms with Gasteiger partial charge in [-0.05, 0) is 32.4 Å². The number of hydrogen-bond donors (Lipinski definition) is 0. The van der Waals surface area contributed by atoms with Crippen LogP contribution in [0.4, 0.5) is 0 Å². The third-order valence-electron chi connectivity index (χ3n) is 3.09. The fourth-order valence-electron chi connectivity index (χ4n) is 2.09. The van der Waals surface area contributed by atoms with Gasteiger partial charge >= 0.3 is 8.56 Å². The minimum atomic E-state index is -1.86. The average molecular weight is 246 g/mol. The van der Waals surface area contributed by atoms with Crippen LogP contribution in [-0.4, -0.2) is 34.5 Å². The molecule has 0 amide bonds. The molecule has 0 spiro atoms. The first kappa shape index (κ1) is 14.2. The normalized spacial score (nSPS) is 20.1. The van der Waals surface area contributed by atoms with Gasteiger partial charge in [-0.15, -0.1) is 0 Å². The van der Waals surface area contributed by atoms with Gasteiger partial charge in [-0.2, -0.15) is 0 Å². The minimum Gasteiger partial charge on any atom is -0.394 e. The van der Waals surface area contributed by atoms with Crippen molar-refractivity contribution in [2.45, 2.75) is 58.2 Å². The predicted molar refractivity (Wildman–Crippen MR) is 67.9 cm³/mol. The summed E-state index contributed by atoms with van der Waals surface area (Å²) in [6, 6.07) is 2.20. The van der Waals surface area contributed by atoms with E-state index in [4.69, 9.17) is 13.6 Å². The molecule has 1 aliphatic rings. The number of hydrogen-bond acceptors (Lipinski definition) is 3. The summed E-state index contributed by atoms with van der Waals surface area (Å²) >= 11 is 0. The third kappa shape index (κ3) is 4.95. The summed E-state index contributed by atoms with van der Waals surface area (Å²) in [7, 11) is -1.86. The topological polar surface area (TPSA) is 31.0 Å². The highest BCUT2D eigenvalue weighted by atomic mass is 28.4. The lowest BCUT2D eigenvalue weighted by Crippen LogP contribution is -2.41. The molecule has 0 bridgehead atoms. The Labute approximate surface area is 101 Å². The zero-order chi connectivity index (χ0) is 11.9. The molecule has 1 atom stereocenters. The second-order valence-corrected chi connectivity index (χ2v) is 7.94. The molecule has 0 N–H and O–H groups in total. The zero-order valence-electron chi connectivity index (χ0n) is 11.0. The molecule has 1 aliphatic heterocycles. The monoisotopic (exact) mass is 246 g/mol. The van der Waals surface area contributed by atoms with Crippen molar-refractivity contribution in [2.24, 2.45) is 0 Å². The Kier molecular flexibility index (Phi) is 6.57. The summed E-state index contributed by atoms with van der Waals surface area (Å²) in [5.41, 5.74) is 0. The molecule has 3 nitrogen and oxygen atoms in total. The van der Waals surface area contributed by atoms with Crippen molar-refractivity contribution in [3.8, 4) is 0 Å². The lowest BCUT2D eigenvalue weighted by Gasteiger charge is -2.28. The number of ether oxygens (including phenoxy) is 1. The average Bonchev–Trinajstić information content (AvgIpc) is 3.09. The maximum atomic E-state index is 5.93. The van der Waals surface area contributed by atoms with Crippen LogP contribution in [0.2, 0.25) is 12.1 Å². The molecule has 1 rings (SSSR count). The van der Waals surface area contributed by atoms with E-state index in [1.807, 2.05) is 0 Å². The fraction of sp³-hybridized carbons (Fsp3) is 1.00. The Morgan fingerprint density at radius 3 is 2.19 bits per heavy atom. The zero-order valence-corrected chi connectivity index (χ0v) is 12.0. The largest absolute Gasteiger partial charge is 0.394 e. The molecular weight excluding hydrogens is 220 g/mol. The number of unbranched alkanes of at least 4 members (excludes halogenated alkanes) is 1. The smallest absolute Gasteiger partial charge is 0.337 e. The summed E-state index contributed by atoms with van der Waals surface area (Å²) in [5.74, 6) is 0. The lowest BCUT2D eigenvalue weighted by molar-refractivity contribution is 0.182. The highest BCUT2D eigenvalue weighted by molar-refractivity contribution is 6.67. The molecule has 0 saturated carbocycles. The molecule has 1 heterocycles. The van der Waals surface area contributed by atoms with E-state index in [0.717, 1.165) is 31.9 Å². The van der Waals surface area contributed by atoms with Gasteiger partial charge in [0, 0.05) is 13.2 Å². The van der Waals surface area contributed by atoms with E-state index in [2.05, 4.69) is 20.8 Å². The highest BCUT2D eigenvalue weighted by Gasteiger charge is 2.34. The molecule has 1 unspecified atom stereocenters. The molecule has 0 aliphatic carbocycles. The van der Waals surface area contributed by atoms with Crippen LogP contribution in [0, 0.1) is 0 Å². The molecule has 1 fully saturated rings. The summed E-state index contributed by atoms with van der Waals surface area (Å²) in [6.45, 7) is 8.87. The van der Waals surface area contributed by atoms with Crippen molar-refractivity contribution in [3.63, 3.8) is 0 Å². The van der Waals surface area contributed by atoms with E-state index in [1.54, 1.807) is 0 Å². The SMILES string of the molecule is CCO[Si](CC)(CCCCC1CO1)OCC. The molecule has 4 heteroatoms. The van der Waals surface area contributed by atoms with Crippen LogP contribution in [0.3, 0.4) is 0 Å². The van der Waals surface area contributed by atoms with Crippen LogP contribution in [0.5, 0.6) is 0 Å². The van der Waals surface area contributed by atoms with Gasteiger partial charge in [0.25, 0.3) is 0 Å². The Bertz CT molecular complexity index is 177. The molecule has 16 heavy (non-hydrogen) atoms. The van der Waals surface area contributed by atoms with Crippen LogP contribution in [-0.2, 0) is 13.6 Å². The maximum absolute atomic E-state index is 5.93. The Morgan fingerprint density at radius 2 is 1.75 bits per heavy atom. The van der Waals surface area contributed by atoms with Crippen LogP contribution in [0.1, 0.15) is 40.0 Å². The Balaban J connectivity index is 2.22. The molecular formula is C12H26O3Si. The second kappa shape index (κ2) is 7.43. The number of rotatable bonds is 10. The lowest BCUT2D eigenvalue weighted by atomic mass is 10.2. The van der Waals surface area contributed by atoms with Crippen molar-refractivity contribution in [2.75, 3.05) is 19.8 Å². The molecule has 96 valence electrons. The van der Waals surface area contributed by atoms with Crippen molar-refractivity contribution in [1.82, 2.24) is 0 Å². The molecule has 0 radical (unpaired) electrons. The summed E-state index contributed by atoms with van der Waals surface area (Å²) in [4.78, 5) is 0. The fourth-order valence-corrected chi connectivity index (χ4v) is 5.07. The molecule has 0 aromatic carbocycles. The van der Waals surface area contributed by atoms with Crippen LogP contribution in [0.25, 0.3) is 0 Å². The number of epoxide rings is 1. The van der Waals surface area contributed by atoms with Gasteiger partial charge in [0.15, 0.2) is 0 Å². The highest BCUT2D eigenvalue weighted by Crippen LogP contribution is 2.24. The van der Waals surface area contributed by atoms with Gasteiger partial charge in [-0.3, -0.25) is 0 Å². The van der Waals surface area contributed by atoms with E-state index in [0.29, 0.717) is 6.10 Å². The van der Waals surface area contributed by atoms with Gasteiger partial charge < -0.3 is 13.6 Å². The van der Waals surface area contributed by atoms with Crippen LogP contribution in [0.15, 0.2) is 0 Å². The van der Waals surface area contributed by atoms with Crippen molar-refractivity contribution < 1.29 is 13.6 Å². The van der Waals surface area contributed by atoms with E-state index >= 15 is 0 Å². The first-order valence-electron chi connectivity index (χ1n) is 6.65. The van der Waals surface area contributed by atoms with Gasteiger partial charge in [0.1, 0.15) is 0 Å². The molecule has 0 aromatic rings. The molecule has 1 saturated heterocycles. The van der Waals surface area contributed by atoms with Gasteiger partial charge in [-0.25, -0.2) is 0 Å².